The Bertz CT molecular complexity index is 523. The zero-order chi connectivity index (χ0) is 14.9. The van der Waals surface area contributed by atoms with Crippen LogP contribution in [0.3, 0.4) is 0 Å². The van der Waals surface area contributed by atoms with E-state index in [2.05, 4.69) is 22.5 Å². The molecule has 1 aromatic heterocycles. The fourth-order valence-electron chi connectivity index (χ4n) is 2.00. The summed E-state index contributed by atoms with van der Waals surface area (Å²) in [5.41, 5.74) is 2.43. The maximum absolute atomic E-state index is 5.74. The van der Waals surface area contributed by atoms with Gasteiger partial charge < -0.3 is 14.8 Å². The van der Waals surface area contributed by atoms with Crippen molar-refractivity contribution in [1.29, 1.82) is 0 Å². The average Bonchev–Trinajstić information content (AvgIpc) is 2.91. The molecule has 1 N–H and O–H groups in total. The molecule has 0 unspecified atom stereocenters. The minimum Gasteiger partial charge on any atom is -0.493 e. The van der Waals surface area contributed by atoms with E-state index in [4.69, 9.17) is 9.47 Å². The zero-order valence-electron chi connectivity index (χ0n) is 12.7. The van der Waals surface area contributed by atoms with Crippen LogP contribution in [0.1, 0.15) is 11.1 Å². The van der Waals surface area contributed by atoms with Crippen molar-refractivity contribution >= 4 is 0 Å². The van der Waals surface area contributed by atoms with Crippen LogP contribution < -0.4 is 10.1 Å². The van der Waals surface area contributed by atoms with Gasteiger partial charge in [0.15, 0.2) is 0 Å². The van der Waals surface area contributed by atoms with Gasteiger partial charge in [-0.25, -0.2) is 0 Å². The van der Waals surface area contributed by atoms with Crippen molar-refractivity contribution in [2.24, 2.45) is 7.05 Å². The van der Waals surface area contributed by atoms with Crippen LogP contribution in [0.4, 0.5) is 0 Å². The number of rotatable bonds is 9. The summed E-state index contributed by atoms with van der Waals surface area (Å²) in [5.74, 6) is 0.902. The first-order chi connectivity index (χ1) is 10.3. The molecule has 114 valence electrons. The molecule has 2 rings (SSSR count). The number of aromatic nitrogens is 2. The molecule has 0 fully saturated rings. The predicted molar refractivity (Wildman–Crippen MR) is 82.4 cm³/mol. The second-order valence-corrected chi connectivity index (χ2v) is 4.93. The second-order valence-electron chi connectivity index (χ2n) is 4.93. The Morgan fingerprint density at radius 1 is 1.14 bits per heavy atom. The van der Waals surface area contributed by atoms with Crippen molar-refractivity contribution < 1.29 is 9.47 Å². The lowest BCUT2D eigenvalue weighted by molar-refractivity contribution is 0.199. The molecule has 1 heterocycles. The number of aryl methyl sites for hydroxylation is 1. The fraction of sp³-hybridized carbons (Fsp3) is 0.438. The molecule has 0 aliphatic carbocycles. The van der Waals surface area contributed by atoms with Gasteiger partial charge in [0.1, 0.15) is 5.75 Å². The van der Waals surface area contributed by atoms with Crippen LogP contribution in [0, 0.1) is 0 Å². The highest BCUT2D eigenvalue weighted by Gasteiger charge is 1.99. The first-order valence-electron chi connectivity index (χ1n) is 7.17. The van der Waals surface area contributed by atoms with Crippen LogP contribution >= 0.6 is 0 Å². The Kier molecular flexibility index (Phi) is 6.24. The Hall–Kier alpha value is -1.85. The highest BCUT2D eigenvalue weighted by Crippen LogP contribution is 2.12. The molecule has 5 nitrogen and oxygen atoms in total. The summed E-state index contributed by atoms with van der Waals surface area (Å²) in [4.78, 5) is 0. The topological polar surface area (TPSA) is 48.3 Å². The Morgan fingerprint density at radius 3 is 2.62 bits per heavy atom. The van der Waals surface area contributed by atoms with Crippen LogP contribution in [0.2, 0.25) is 0 Å². The third-order valence-electron chi connectivity index (χ3n) is 3.15. The standard InChI is InChI=1S/C16H23N3O2/c1-19-13-15(12-18-19)7-9-21-16-5-3-14(4-6-16)11-17-8-10-20-2/h3-6,12-13,17H,7-11H2,1-2H3. The van der Waals surface area contributed by atoms with Crippen LogP contribution in [0.25, 0.3) is 0 Å². The van der Waals surface area contributed by atoms with Crippen molar-refractivity contribution in [3.63, 3.8) is 0 Å². The monoisotopic (exact) mass is 289 g/mol. The zero-order valence-corrected chi connectivity index (χ0v) is 12.7. The lowest BCUT2D eigenvalue weighted by Crippen LogP contribution is -2.18. The largest absolute Gasteiger partial charge is 0.493 e. The minimum atomic E-state index is 0.664. The van der Waals surface area contributed by atoms with E-state index in [1.165, 1.54) is 11.1 Å². The van der Waals surface area contributed by atoms with E-state index < -0.39 is 0 Å². The normalized spacial score (nSPS) is 10.8. The molecule has 0 radical (unpaired) electrons. The summed E-state index contributed by atoms with van der Waals surface area (Å²) in [6, 6.07) is 8.19. The van der Waals surface area contributed by atoms with Gasteiger partial charge in [-0.1, -0.05) is 12.1 Å². The van der Waals surface area contributed by atoms with E-state index >= 15 is 0 Å². The quantitative estimate of drug-likeness (QED) is 0.715. The summed E-state index contributed by atoms with van der Waals surface area (Å²) in [6.45, 7) is 3.10. The van der Waals surface area contributed by atoms with E-state index in [0.29, 0.717) is 6.61 Å². The van der Waals surface area contributed by atoms with Crippen LogP contribution in [-0.2, 0) is 24.8 Å². The molecule has 0 spiro atoms. The predicted octanol–water partition coefficient (Wildman–Crippen LogP) is 1.78. The summed E-state index contributed by atoms with van der Waals surface area (Å²) >= 11 is 0. The number of nitrogens with one attached hydrogen (secondary N) is 1. The molecule has 0 saturated heterocycles. The Morgan fingerprint density at radius 2 is 1.95 bits per heavy atom. The lowest BCUT2D eigenvalue weighted by atomic mass is 10.2. The van der Waals surface area contributed by atoms with Gasteiger partial charge >= 0.3 is 0 Å². The number of ether oxygens (including phenoxy) is 2. The third kappa shape index (κ3) is 5.57. The van der Waals surface area contributed by atoms with E-state index in [9.17, 15) is 0 Å². The summed E-state index contributed by atoms with van der Waals surface area (Å²) in [5, 5.41) is 7.45. The first kappa shape index (κ1) is 15.5. The molecule has 0 atom stereocenters. The molecule has 5 heteroatoms. The molecule has 0 aliphatic heterocycles. The lowest BCUT2D eigenvalue weighted by Gasteiger charge is -2.07. The first-order valence-corrected chi connectivity index (χ1v) is 7.17. The van der Waals surface area contributed by atoms with Crippen molar-refractivity contribution in [2.75, 3.05) is 26.9 Å². The average molecular weight is 289 g/mol. The smallest absolute Gasteiger partial charge is 0.119 e. The number of nitrogens with zero attached hydrogens (tertiary/aromatic N) is 2. The third-order valence-corrected chi connectivity index (χ3v) is 3.15. The molecular formula is C16H23N3O2. The van der Waals surface area contributed by atoms with Gasteiger partial charge in [-0.05, 0) is 23.3 Å². The van der Waals surface area contributed by atoms with Gasteiger partial charge in [0.05, 0.1) is 19.4 Å². The number of benzene rings is 1. The van der Waals surface area contributed by atoms with Crippen molar-refractivity contribution in [1.82, 2.24) is 15.1 Å². The maximum atomic E-state index is 5.74. The van der Waals surface area contributed by atoms with E-state index in [1.54, 1.807) is 11.8 Å². The van der Waals surface area contributed by atoms with Crippen LogP contribution in [0.15, 0.2) is 36.7 Å². The van der Waals surface area contributed by atoms with Crippen LogP contribution in [0.5, 0.6) is 5.75 Å². The second kappa shape index (κ2) is 8.44. The minimum absolute atomic E-state index is 0.664. The molecule has 0 saturated carbocycles. The van der Waals surface area contributed by atoms with Crippen molar-refractivity contribution in [2.45, 2.75) is 13.0 Å². The number of hydrogen-bond donors (Lipinski definition) is 1. The van der Waals surface area contributed by atoms with E-state index in [-0.39, 0.29) is 0 Å². The molecular weight excluding hydrogens is 266 g/mol. The SMILES string of the molecule is COCCNCc1ccc(OCCc2cnn(C)c2)cc1. The summed E-state index contributed by atoms with van der Waals surface area (Å²) in [7, 11) is 3.63. The van der Waals surface area contributed by atoms with Crippen molar-refractivity contribution in [3.8, 4) is 5.75 Å². The number of hydrogen-bond acceptors (Lipinski definition) is 4. The maximum Gasteiger partial charge on any atom is 0.119 e. The molecule has 21 heavy (non-hydrogen) atoms. The van der Waals surface area contributed by atoms with Crippen LogP contribution in [-0.4, -0.2) is 36.6 Å². The molecule has 2 aromatic rings. The summed E-state index contributed by atoms with van der Waals surface area (Å²) < 4.78 is 12.5. The Balaban J connectivity index is 1.69. The van der Waals surface area contributed by atoms with Crippen molar-refractivity contribution in [3.05, 3.63) is 47.8 Å². The van der Waals surface area contributed by atoms with Gasteiger partial charge in [-0.2, -0.15) is 5.10 Å². The fourth-order valence-corrected chi connectivity index (χ4v) is 2.00. The highest BCUT2D eigenvalue weighted by molar-refractivity contribution is 5.27. The van der Waals surface area contributed by atoms with Gasteiger partial charge in [-0.15, -0.1) is 0 Å². The Labute approximate surface area is 125 Å². The van der Waals surface area contributed by atoms with E-state index in [1.807, 2.05) is 31.6 Å². The molecule has 0 bridgehead atoms. The van der Waals surface area contributed by atoms with Gasteiger partial charge in [0, 0.05) is 39.9 Å². The molecule has 1 aromatic carbocycles. The van der Waals surface area contributed by atoms with E-state index in [0.717, 1.165) is 31.9 Å². The van der Waals surface area contributed by atoms with Gasteiger partial charge in [0.25, 0.3) is 0 Å². The van der Waals surface area contributed by atoms with Gasteiger partial charge in [-0.3, -0.25) is 4.68 Å². The highest BCUT2D eigenvalue weighted by atomic mass is 16.5. The molecule has 0 aliphatic rings. The summed E-state index contributed by atoms with van der Waals surface area (Å²) in [6.07, 6.45) is 4.75. The van der Waals surface area contributed by atoms with Gasteiger partial charge in [0.2, 0.25) is 0 Å². The molecule has 0 amide bonds. The number of methoxy groups -OCH3 is 1.